The maximum Gasteiger partial charge on any atom is 0.1000 e. The van der Waals surface area contributed by atoms with Gasteiger partial charge in [-0.1, -0.05) is 23.4 Å². The molecule has 1 fully saturated rings. The van der Waals surface area contributed by atoms with Crippen molar-refractivity contribution in [2.75, 3.05) is 26.2 Å². The first-order chi connectivity index (χ1) is 9.34. The van der Waals surface area contributed by atoms with E-state index in [2.05, 4.69) is 27.5 Å². The van der Waals surface area contributed by atoms with Gasteiger partial charge in [0.1, 0.15) is 0 Å². The van der Waals surface area contributed by atoms with Gasteiger partial charge in [-0.2, -0.15) is 0 Å². The zero-order chi connectivity index (χ0) is 13.1. The van der Waals surface area contributed by atoms with Crippen LogP contribution in [0.1, 0.15) is 18.7 Å². The van der Waals surface area contributed by atoms with Gasteiger partial charge in [-0.25, -0.2) is 4.68 Å². The van der Waals surface area contributed by atoms with E-state index in [1.165, 1.54) is 0 Å². The highest BCUT2D eigenvalue weighted by molar-refractivity contribution is 5.85. The minimum absolute atomic E-state index is 0. The summed E-state index contributed by atoms with van der Waals surface area (Å²) >= 11 is 0. The Morgan fingerprint density at radius 1 is 1.10 bits per heavy atom. The zero-order valence-corrected chi connectivity index (χ0v) is 13.6. The smallest absolute Gasteiger partial charge is 0.1000 e. The summed E-state index contributed by atoms with van der Waals surface area (Å²) in [6.45, 7) is 6.44. The Morgan fingerprint density at radius 2 is 1.76 bits per heavy atom. The summed E-state index contributed by atoms with van der Waals surface area (Å²) in [5.74, 6) is 0. The van der Waals surface area contributed by atoms with Crippen molar-refractivity contribution in [1.82, 2.24) is 25.2 Å². The predicted octanol–water partition coefficient (Wildman–Crippen LogP) is 2.08. The minimum Gasteiger partial charge on any atom is -0.314 e. The van der Waals surface area contributed by atoms with E-state index in [1.54, 1.807) is 0 Å². The Bertz CT molecular complexity index is 525. The molecule has 0 spiro atoms. The van der Waals surface area contributed by atoms with Gasteiger partial charge in [-0.15, -0.1) is 29.9 Å². The Kier molecular flexibility index (Phi) is 7.11. The fraction of sp³-hybridized carbons (Fsp3) is 0.429. The molecule has 7 heteroatoms. The van der Waals surface area contributed by atoms with Crippen LogP contribution in [0.25, 0.3) is 5.69 Å². The van der Waals surface area contributed by atoms with Crippen LogP contribution in [0.5, 0.6) is 0 Å². The van der Waals surface area contributed by atoms with Crippen molar-refractivity contribution in [2.24, 2.45) is 0 Å². The SMILES string of the molecule is CC(c1cn(-c2ccccc2)nn1)N1CCNCC1.Cl.Cl. The van der Waals surface area contributed by atoms with Crippen molar-refractivity contribution in [3.63, 3.8) is 0 Å². The molecule has 1 N–H and O–H groups in total. The molecular formula is C14H21Cl2N5. The molecule has 1 aromatic carbocycles. The second-order valence-electron chi connectivity index (χ2n) is 4.89. The maximum atomic E-state index is 4.32. The topological polar surface area (TPSA) is 46.0 Å². The largest absolute Gasteiger partial charge is 0.314 e. The Labute approximate surface area is 137 Å². The van der Waals surface area contributed by atoms with E-state index in [1.807, 2.05) is 41.2 Å². The molecular weight excluding hydrogens is 309 g/mol. The van der Waals surface area contributed by atoms with Crippen molar-refractivity contribution in [3.05, 3.63) is 42.2 Å². The number of nitrogens with one attached hydrogen (secondary N) is 1. The second kappa shape index (κ2) is 8.34. The average molecular weight is 330 g/mol. The number of nitrogens with zero attached hydrogens (tertiary/aromatic N) is 4. The van der Waals surface area contributed by atoms with Crippen molar-refractivity contribution >= 4 is 24.8 Å². The second-order valence-corrected chi connectivity index (χ2v) is 4.89. The van der Waals surface area contributed by atoms with Crippen LogP contribution in [0.3, 0.4) is 0 Å². The molecule has 0 saturated carbocycles. The van der Waals surface area contributed by atoms with E-state index in [-0.39, 0.29) is 24.8 Å². The molecule has 1 aliphatic rings. The molecule has 1 unspecified atom stereocenters. The third-order valence-corrected chi connectivity index (χ3v) is 3.66. The van der Waals surface area contributed by atoms with E-state index in [9.17, 15) is 0 Å². The number of hydrogen-bond acceptors (Lipinski definition) is 4. The van der Waals surface area contributed by atoms with Crippen molar-refractivity contribution in [1.29, 1.82) is 0 Å². The van der Waals surface area contributed by atoms with Crippen molar-refractivity contribution in [3.8, 4) is 5.69 Å². The van der Waals surface area contributed by atoms with Gasteiger partial charge in [-0.3, -0.25) is 4.90 Å². The molecule has 2 heterocycles. The van der Waals surface area contributed by atoms with Gasteiger partial charge in [0.25, 0.3) is 0 Å². The first-order valence-electron chi connectivity index (χ1n) is 6.77. The summed E-state index contributed by atoms with van der Waals surface area (Å²) in [6, 6.07) is 10.4. The van der Waals surface area contributed by atoms with Gasteiger partial charge in [0.2, 0.25) is 0 Å². The van der Waals surface area contributed by atoms with E-state index in [4.69, 9.17) is 0 Å². The number of aromatic nitrogens is 3. The lowest BCUT2D eigenvalue weighted by Gasteiger charge is -2.31. The number of piperazine rings is 1. The highest BCUT2D eigenvalue weighted by Crippen LogP contribution is 2.18. The first kappa shape index (κ1) is 17.9. The van der Waals surface area contributed by atoms with E-state index in [0.29, 0.717) is 6.04 Å². The third kappa shape index (κ3) is 4.17. The summed E-state index contributed by atoms with van der Waals surface area (Å²) < 4.78 is 1.84. The van der Waals surface area contributed by atoms with Crippen molar-refractivity contribution < 1.29 is 0 Å². The monoisotopic (exact) mass is 329 g/mol. The van der Waals surface area contributed by atoms with Crippen molar-refractivity contribution in [2.45, 2.75) is 13.0 Å². The molecule has 2 aromatic rings. The summed E-state index contributed by atoms with van der Waals surface area (Å²) in [7, 11) is 0. The van der Waals surface area contributed by atoms with Gasteiger partial charge in [0, 0.05) is 26.2 Å². The quantitative estimate of drug-likeness (QED) is 0.936. The molecule has 1 atom stereocenters. The Hall–Kier alpha value is -1.14. The first-order valence-corrected chi connectivity index (χ1v) is 6.77. The summed E-state index contributed by atoms with van der Waals surface area (Å²) in [6.07, 6.45) is 2.03. The van der Waals surface area contributed by atoms with Gasteiger partial charge >= 0.3 is 0 Å². The highest BCUT2D eigenvalue weighted by atomic mass is 35.5. The van der Waals surface area contributed by atoms with Crippen LogP contribution in [0, 0.1) is 0 Å². The highest BCUT2D eigenvalue weighted by Gasteiger charge is 2.20. The number of para-hydroxylation sites is 1. The molecule has 0 radical (unpaired) electrons. The lowest BCUT2D eigenvalue weighted by molar-refractivity contribution is 0.182. The average Bonchev–Trinajstić information content (AvgIpc) is 2.98. The van der Waals surface area contributed by atoms with Crippen LogP contribution in [-0.4, -0.2) is 46.1 Å². The van der Waals surface area contributed by atoms with Gasteiger partial charge in [0.05, 0.1) is 23.6 Å². The van der Waals surface area contributed by atoms with E-state index >= 15 is 0 Å². The van der Waals surface area contributed by atoms with Crippen LogP contribution in [0.15, 0.2) is 36.5 Å². The number of hydrogen-bond donors (Lipinski definition) is 1. The molecule has 3 rings (SSSR count). The Balaban J connectivity index is 0.00000110. The van der Waals surface area contributed by atoms with Gasteiger partial charge in [-0.05, 0) is 19.1 Å². The molecule has 116 valence electrons. The van der Waals surface area contributed by atoms with Crippen LogP contribution in [0.4, 0.5) is 0 Å². The molecule has 0 bridgehead atoms. The molecule has 1 aromatic heterocycles. The fourth-order valence-electron chi connectivity index (χ4n) is 2.43. The zero-order valence-electron chi connectivity index (χ0n) is 12.0. The predicted molar refractivity (Wildman–Crippen MR) is 88.7 cm³/mol. The summed E-state index contributed by atoms with van der Waals surface area (Å²) in [5.41, 5.74) is 2.08. The maximum absolute atomic E-state index is 4.32. The number of benzene rings is 1. The normalized spacial score (nSPS) is 16.6. The van der Waals surface area contributed by atoms with Gasteiger partial charge < -0.3 is 5.32 Å². The molecule has 0 amide bonds. The van der Waals surface area contributed by atoms with Crippen LogP contribution < -0.4 is 5.32 Å². The summed E-state index contributed by atoms with van der Waals surface area (Å²) in [5, 5.41) is 11.9. The molecule has 1 saturated heterocycles. The molecule has 21 heavy (non-hydrogen) atoms. The lowest BCUT2D eigenvalue weighted by atomic mass is 10.2. The van der Waals surface area contributed by atoms with Crippen LogP contribution >= 0.6 is 24.8 Å². The lowest BCUT2D eigenvalue weighted by Crippen LogP contribution is -2.44. The number of halogens is 2. The third-order valence-electron chi connectivity index (χ3n) is 3.66. The molecule has 0 aliphatic carbocycles. The summed E-state index contributed by atoms with van der Waals surface area (Å²) in [4.78, 5) is 2.44. The van der Waals surface area contributed by atoms with Gasteiger partial charge in [0.15, 0.2) is 0 Å². The molecule has 1 aliphatic heterocycles. The van der Waals surface area contributed by atoms with Crippen LogP contribution in [-0.2, 0) is 0 Å². The standard InChI is InChI=1S/C14H19N5.2ClH/c1-12(18-9-7-15-8-10-18)14-11-19(17-16-14)13-5-3-2-4-6-13;;/h2-6,11-12,15H,7-10H2,1H3;2*1H. The Morgan fingerprint density at radius 3 is 2.43 bits per heavy atom. The van der Waals surface area contributed by atoms with E-state index in [0.717, 1.165) is 37.6 Å². The van der Waals surface area contributed by atoms with Crippen LogP contribution in [0.2, 0.25) is 0 Å². The fourth-order valence-corrected chi connectivity index (χ4v) is 2.43. The molecule has 5 nitrogen and oxygen atoms in total. The van der Waals surface area contributed by atoms with E-state index < -0.39 is 0 Å². The number of rotatable bonds is 3. The minimum atomic E-state index is 0.